The number of carbonyl (C=O) groups is 1. The highest BCUT2D eigenvalue weighted by Crippen LogP contribution is 2.33. The van der Waals surface area contributed by atoms with Gasteiger partial charge in [0.05, 0.1) is 23.7 Å². The van der Waals surface area contributed by atoms with Gasteiger partial charge >= 0.3 is 0 Å². The summed E-state index contributed by atoms with van der Waals surface area (Å²) in [5, 5.41) is 2.52. The third kappa shape index (κ3) is 3.18. The van der Waals surface area contributed by atoms with Crippen LogP contribution >= 0.6 is 0 Å². The quantitative estimate of drug-likeness (QED) is 0.745. The minimum atomic E-state index is -0.608. The lowest BCUT2D eigenvalue weighted by molar-refractivity contribution is 0.102. The van der Waals surface area contributed by atoms with Gasteiger partial charge in [0.25, 0.3) is 5.91 Å². The van der Waals surface area contributed by atoms with E-state index in [4.69, 9.17) is 0 Å². The van der Waals surface area contributed by atoms with Crippen LogP contribution in [0.3, 0.4) is 0 Å². The molecule has 1 N–H and O–H groups in total. The molecule has 1 heterocycles. The zero-order chi connectivity index (χ0) is 19.0. The van der Waals surface area contributed by atoms with Crippen LogP contribution in [0.2, 0.25) is 0 Å². The summed E-state index contributed by atoms with van der Waals surface area (Å²) in [5.74, 6) is -1.18. The van der Waals surface area contributed by atoms with Crippen LogP contribution < -0.4 is 5.32 Å². The Morgan fingerprint density at radius 1 is 1.11 bits per heavy atom. The lowest BCUT2D eigenvalue weighted by Crippen LogP contribution is -2.14. The van der Waals surface area contributed by atoms with Gasteiger partial charge < -0.3 is 5.32 Å². The lowest BCUT2D eigenvalue weighted by Gasteiger charge is -2.11. The Balaban J connectivity index is 1.59. The highest BCUT2D eigenvalue weighted by Gasteiger charge is 2.21. The summed E-state index contributed by atoms with van der Waals surface area (Å²) in [7, 11) is 0. The van der Waals surface area contributed by atoms with Crippen molar-refractivity contribution in [2.24, 2.45) is 0 Å². The van der Waals surface area contributed by atoms with E-state index in [0.717, 1.165) is 30.4 Å². The molecule has 0 saturated heterocycles. The van der Waals surface area contributed by atoms with Crippen molar-refractivity contribution < 1.29 is 13.6 Å². The number of nitrogens with one attached hydrogen (secondary N) is 1. The summed E-state index contributed by atoms with van der Waals surface area (Å²) in [5.41, 5.74) is 3.54. The third-order valence-corrected chi connectivity index (χ3v) is 4.87. The minimum absolute atomic E-state index is 0.0695. The van der Waals surface area contributed by atoms with Crippen LogP contribution in [0.4, 0.5) is 14.6 Å². The number of carbonyl (C=O) groups excluding carboxylic acids is 1. The molecule has 2 aromatic carbocycles. The van der Waals surface area contributed by atoms with Crippen molar-refractivity contribution in [2.75, 3.05) is 5.32 Å². The van der Waals surface area contributed by atoms with Crippen molar-refractivity contribution >= 4 is 11.7 Å². The van der Waals surface area contributed by atoms with Crippen molar-refractivity contribution in [3.63, 3.8) is 0 Å². The number of benzene rings is 2. The first-order valence-electron chi connectivity index (χ1n) is 8.73. The second-order valence-electron chi connectivity index (χ2n) is 6.58. The van der Waals surface area contributed by atoms with Gasteiger partial charge in [-0.05, 0) is 61.1 Å². The second-order valence-corrected chi connectivity index (χ2v) is 6.58. The van der Waals surface area contributed by atoms with Crippen molar-refractivity contribution in [2.45, 2.75) is 26.2 Å². The molecule has 0 saturated carbocycles. The molecule has 0 spiro atoms. The molecule has 27 heavy (non-hydrogen) atoms. The van der Waals surface area contributed by atoms with E-state index in [1.807, 2.05) is 6.07 Å². The van der Waals surface area contributed by atoms with E-state index in [1.165, 1.54) is 30.6 Å². The van der Waals surface area contributed by atoms with Gasteiger partial charge in [-0.1, -0.05) is 12.1 Å². The summed E-state index contributed by atoms with van der Waals surface area (Å²) in [6.07, 6.45) is 5.47. The summed E-state index contributed by atoms with van der Waals surface area (Å²) in [4.78, 5) is 20.6. The Kier molecular flexibility index (Phi) is 4.39. The topological polar surface area (TPSA) is 54.9 Å². The molecular weight excluding hydrogens is 348 g/mol. The van der Waals surface area contributed by atoms with Crippen LogP contribution in [0.15, 0.2) is 42.7 Å². The smallest absolute Gasteiger partial charge is 0.259 e. The van der Waals surface area contributed by atoms with Gasteiger partial charge in [0.1, 0.15) is 11.6 Å². The van der Waals surface area contributed by atoms with Crippen LogP contribution in [0, 0.1) is 18.6 Å². The molecule has 0 aliphatic heterocycles. The van der Waals surface area contributed by atoms with Gasteiger partial charge in [0, 0.05) is 5.56 Å². The number of halogens is 2. The average Bonchev–Trinajstić information content (AvgIpc) is 3.14. The Hall–Kier alpha value is -3.15. The number of hydrogen-bond acceptors (Lipinski definition) is 3. The lowest BCUT2D eigenvalue weighted by atomic mass is 9.98. The molecule has 4 nitrogen and oxygen atoms in total. The van der Waals surface area contributed by atoms with Crippen molar-refractivity contribution in [3.8, 4) is 11.3 Å². The number of aromatic nitrogens is 2. The number of amides is 1. The van der Waals surface area contributed by atoms with E-state index in [2.05, 4.69) is 15.3 Å². The Morgan fingerprint density at radius 3 is 2.67 bits per heavy atom. The summed E-state index contributed by atoms with van der Waals surface area (Å²) >= 11 is 0. The number of rotatable bonds is 3. The van der Waals surface area contributed by atoms with Gasteiger partial charge in [0.15, 0.2) is 5.82 Å². The molecule has 0 unspecified atom stereocenters. The van der Waals surface area contributed by atoms with Gasteiger partial charge in [-0.25, -0.2) is 13.8 Å². The van der Waals surface area contributed by atoms with E-state index in [0.29, 0.717) is 16.8 Å². The first kappa shape index (κ1) is 17.3. The zero-order valence-corrected chi connectivity index (χ0v) is 14.7. The summed E-state index contributed by atoms with van der Waals surface area (Å²) < 4.78 is 28.3. The van der Waals surface area contributed by atoms with E-state index in [-0.39, 0.29) is 17.2 Å². The number of fused-ring (bicyclic) bond motifs is 1. The molecule has 0 fully saturated rings. The fourth-order valence-electron chi connectivity index (χ4n) is 3.43. The normalized spacial score (nSPS) is 12.7. The van der Waals surface area contributed by atoms with E-state index in [1.54, 1.807) is 13.0 Å². The molecule has 1 amide bonds. The van der Waals surface area contributed by atoms with E-state index in [9.17, 15) is 13.6 Å². The van der Waals surface area contributed by atoms with Gasteiger partial charge in [-0.15, -0.1) is 0 Å². The molecule has 0 atom stereocenters. The predicted octanol–water partition coefficient (Wildman–Crippen LogP) is 4.47. The van der Waals surface area contributed by atoms with Crippen molar-refractivity contribution in [1.82, 2.24) is 9.97 Å². The SMILES string of the molecule is Cc1c(-c2cnc(NC(=O)c3ccccc3F)cn2)cc2c(c1F)CCC2. The molecule has 3 aromatic rings. The standard InChI is InChI=1S/C21H17F2N3O/c1-12-16(9-13-5-4-7-14(13)20(12)23)18-10-25-19(11-24-18)26-21(27)15-6-2-3-8-17(15)22/h2-3,6,8-11H,4-5,7H2,1H3,(H,25,26,27). The molecule has 1 aromatic heterocycles. The summed E-state index contributed by atoms with van der Waals surface area (Å²) in [6.45, 7) is 1.73. The van der Waals surface area contributed by atoms with Gasteiger partial charge in [0.2, 0.25) is 0 Å². The zero-order valence-electron chi connectivity index (χ0n) is 14.7. The largest absolute Gasteiger partial charge is 0.305 e. The Labute approximate surface area is 155 Å². The maximum absolute atomic E-state index is 14.6. The van der Waals surface area contributed by atoms with Crippen LogP contribution in [-0.2, 0) is 12.8 Å². The first-order chi connectivity index (χ1) is 13.0. The Morgan fingerprint density at radius 2 is 1.93 bits per heavy atom. The van der Waals surface area contributed by atoms with Gasteiger partial charge in [-0.2, -0.15) is 0 Å². The number of hydrogen-bond donors (Lipinski definition) is 1. The van der Waals surface area contributed by atoms with Crippen LogP contribution in [0.1, 0.15) is 33.5 Å². The monoisotopic (exact) mass is 365 g/mol. The molecule has 1 aliphatic rings. The number of aryl methyl sites for hydroxylation is 1. The highest BCUT2D eigenvalue weighted by molar-refractivity contribution is 6.03. The van der Waals surface area contributed by atoms with Crippen LogP contribution in [0.5, 0.6) is 0 Å². The van der Waals surface area contributed by atoms with E-state index >= 15 is 0 Å². The van der Waals surface area contributed by atoms with Crippen molar-refractivity contribution in [1.29, 1.82) is 0 Å². The maximum atomic E-state index is 14.6. The van der Waals surface area contributed by atoms with Crippen LogP contribution in [-0.4, -0.2) is 15.9 Å². The summed E-state index contributed by atoms with van der Waals surface area (Å²) in [6, 6.07) is 7.68. The van der Waals surface area contributed by atoms with Crippen LogP contribution in [0.25, 0.3) is 11.3 Å². The fourth-order valence-corrected chi connectivity index (χ4v) is 3.43. The average molecular weight is 365 g/mol. The third-order valence-electron chi connectivity index (χ3n) is 4.87. The molecule has 136 valence electrons. The molecule has 4 rings (SSSR count). The molecular formula is C21H17F2N3O. The predicted molar refractivity (Wildman–Crippen MR) is 98.5 cm³/mol. The first-order valence-corrected chi connectivity index (χ1v) is 8.73. The second kappa shape index (κ2) is 6.87. The molecule has 6 heteroatoms. The molecule has 0 radical (unpaired) electrons. The molecule has 0 bridgehead atoms. The maximum Gasteiger partial charge on any atom is 0.259 e. The number of anilines is 1. The molecule has 1 aliphatic carbocycles. The van der Waals surface area contributed by atoms with Crippen molar-refractivity contribution in [3.05, 3.63) is 76.6 Å². The minimum Gasteiger partial charge on any atom is -0.305 e. The number of nitrogens with zero attached hydrogens (tertiary/aromatic N) is 2. The van der Waals surface area contributed by atoms with Gasteiger partial charge in [-0.3, -0.25) is 9.78 Å². The highest BCUT2D eigenvalue weighted by atomic mass is 19.1. The van der Waals surface area contributed by atoms with E-state index < -0.39 is 11.7 Å². The fraction of sp³-hybridized carbons (Fsp3) is 0.190. The Bertz CT molecular complexity index is 1030.